The van der Waals surface area contributed by atoms with Crippen LogP contribution in [0.5, 0.6) is 0 Å². The zero-order chi connectivity index (χ0) is 14.0. The third-order valence-corrected chi connectivity index (χ3v) is 3.75. The molecule has 1 saturated carbocycles. The Bertz CT molecular complexity index is 459. The molecule has 0 atom stereocenters. The monoisotopic (exact) mass is 266 g/mol. The molecule has 0 bridgehead atoms. The smallest absolute Gasteiger partial charge is 0.256 e. The zero-order valence-electron chi connectivity index (χ0n) is 11.8. The second-order valence-corrected chi connectivity index (χ2v) is 5.78. The van der Waals surface area contributed by atoms with Crippen molar-refractivity contribution in [3.05, 3.63) is 17.0 Å². The van der Waals surface area contributed by atoms with E-state index in [0.717, 1.165) is 25.7 Å². The van der Waals surface area contributed by atoms with E-state index >= 15 is 0 Å². The molecule has 106 valence electrons. The molecule has 1 fully saturated rings. The Hall–Kier alpha value is -1.36. The van der Waals surface area contributed by atoms with Crippen LogP contribution in [0.1, 0.15) is 67.3 Å². The van der Waals surface area contributed by atoms with Gasteiger partial charge in [0.25, 0.3) is 5.91 Å². The Balaban J connectivity index is 2.06. The van der Waals surface area contributed by atoms with E-state index in [2.05, 4.69) is 10.5 Å². The molecule has 1 heterocycles. The number of hydrogen-bond donors (Lipinski definition) is 2. The summed E-state index contributed by atoms with van der Waals surface area (Å²) in [6, 6.07) is 0. The summed E-state index contributed by atoms with van der Waals surface area (Å²) >= 11 is 0. The summed E-state index contributed by atoms with van der Waals surface area (Å²) in [5.74, 6) is 0.507. The maximum absolute atomic E-state index is 12.2. The molecular weight excluding hydrogens is 244 g/mol. The molecule has 2 N–H and O–H groups in total. The lowest BCUT2D eigenvalue weighted by Gasteiger charge is -2.22. The zero-order valence-corrected chi connectivity index (χ0v) is 11.8. The second-order valence-electron chi connectivity index (χ2n) is 5.78. The quantitative estimate of drug-likeness (QED) is 0.875. The number of hydrogen-bond acceptors (Lipinski definition) is 4. The fourth-order valence-electron chi connectivity index (χ4n) is 2.60. The number of carbonyl (C=O) groups is 1. The number of aliphatic hydroxyl groups is 1. The third-order valence-electron chi connectivity index (χ3n) is 3.75. The van der Waals surface area contributed by atoms with Crippen LogP contribution in [-0.4, -0.2) is 28.3 Å². The lowest BCUT2D eigenvalue weighted by atomic mass is 10.0. The molecule has 0 aliphatic heterocycles. The molecule has 5 nitrogen and oxygen atoms in total. The van der Waals surface area contributed by atoms with Gasteiger partial charge in [0.2, 0.25) is 0 Å². The summed E-state index contributed by atoms with van der Waals surface area (Å²) < 4.78 is 5.20. The maximum atomic E-state index is 12.2. The molecule has 1 aliphatic rings. The van der Waals surface area contributed by atoms with E-state index in [0.29, 0.717) is 23.6 Å². The van der Waals surface area contributed by atoms with E-state index < -0.39 is 5.60 Å². The number of nitrogens with zero attached hydrogens (tertiary/aromatic N) is 1. The molecule has 5 heteroatoms. The highest BCUT2D eigenvalue weighted by molar-refractivity contribution is 5.96. The Morgan fingerprint density at radius 3 is 2.68 bits per heavy atom. The molecule has 2 rings (SSSR count). The Labute approximate surface area is 113 Å². The van der Waals surface area contributed by atoms with E-state index in [4.69, 9.17) is 4.52 Å². The molecule has 1 aromatic rings. The van der Waals surface area contributed by atoms with Gasteiger partial charge in [0.05, 0.1) is 11.3 Å². The minimum absolute atomic E-state index is 0.108. The van der Waals surface area contributed by atoms with Crippen molar-refractivity contribution in [3.63, 3.8) is 0 Å². The van der Waals surface area contributed by atoms with Gasteiger partial charge in [-0.05, 0) is 19.8 Å². The number of aryl methyl sites for hydroxylation is 1. The first-order valence-electron chi connectivity index (χ1n) is 6.90. The first-order valence-corrected chi connectivity index (χ1v) is 6.90. The lowest BCUT2D eigenvalue weighted by Crippen LogP contribution is -2.41. The van der Waals surface area contributed by atoms with Gasteiger partial charge in [-0.3, -0.25) is 4.79 Å². The van der Waals surface area contributed by atoms with Gasteiger partial charge in [0.1, 0.15) is 5.56 Å². The van der Waals surface area contributed by atoms with Crippen LogP contribution < -0.4 is 5.32 Å². The summed E-state index contributed by atoms with van der Waals surface area (Å²) in [6.45, 7) is 5.98. The summed E-state index contributed by atoms with van der Waals surface area (Å²) in [5.41, 5.74) is 0.370. The number of rotatable bonds is 4. The van der Waals surface area contributed by atoms with Gasteiger partial charge in [0.15, 0.2) is 5.76 Å². The lowest BCUT2D eigenvalue weighted by molar-refractivity contribution is 0.0449. The van der Waals surface area contributed by atoms with Crippen molar-refractivity contribution < 1.29 is 14.4 Å². The van der Waals surface area contributed by atoms with Crippen LogP contribution in [-0.2, 0) is 0 Å². The average molecular weight is 266 g/mol. The van der Waals surface area contributed by atoms with Crippen molar-refractivity contribution in [1.82, 2.24) is 10.5 Å². The number of amides is 1. The first-order chi connectivity index (χ1) is 8.93. The molecule has 1 aromatic heterocycles. The Morgan fingerprint density at radius 2 is 2.11 bits per heavy atom. The van der Waals surface area contributed by atoms with Gasteiger partial charge in [-0.25, -0.2) is 0 Å². The SMILES string of the molecule is Cc1noc(C(C)C)c1C(=O)NCC1(O)CCCC1. The van der Waals surface area contributed by atoms with Gasteiger partial charge in [0, 0.05) is 12.5 Å². The molecule has 19 heavy (non-hydrogen) atoms. The molecular formula is C14H22N2O3. The van der Waals surface area contributed by atoms with Crippen LogP contribution >= 0.6 is 0 Å². The second kappa shape index (κ2) is 5.33. The highest BCUT2D eigenvalue weighted by atomic mass is 16.5. The van der Waals surface area contributed by atoms with Gasteiger partial charge in [-0.1, -0.05) is 31.8 Å². The molecule has 0 unspecified atom stereocenters. The van der Waals surface area contributed by atoms with E-state index in [1.807, 2.05) is 13.8 Å². The van der Waals surface area contributed by atoms with Crippen LogP contribution in [0, 0.1) is 6.92 Å². The van der Waals surface area contributed by atoms with Gasteiger partial charge in [-0.15, -0.1) is 0 Å². The Morgan fingerprint density at radius 1 is 1.47 bits per heavy atom. The fraction of sp³-hybridized carbons (Fsp3) is 0.714. The molecule has 0 radical (unpaired) electrons. The van der Waals surface area contributed by atoms with Crippen LogP contribution in [0.15, 0.2) is 4.52 Å². The average Bonchev–Trinajstić information content (AvgIpc) is 2.93. The van der Waals surface area contributed by atoms with Crippen LogP contribution in [0.25, 0.3) is 0 Å². The van der Waals surface area contributed by atoms with Crippen molar-refractivity contribution in [3.8, 4) is 0 Å². The van der Waals surface area contributed by atoms with Crippen molar-refractivity contribution in [2.45, 2.75) is 58.0 Å². The van der Waals surface area contributed by atoms with Gasteiger partial charge >= 0.3 is 0 Å². The standard InChI is InChI=1S/C14H22N2O3/c1-9(2)12-11(10(3)16-19-12)13(17)15-8-14(18)6-4-5-7-14/h9,18H,4-8H2,1-3H3,(H,15,17). The summed E-state index contributed by atoms with van der Waals surface area (Å²) in [5, 5.41) is 16.9. The number of nitrogens with one attached hydrogen (secondary N) is 1. The Kier molecular flexibility index (Phi) is 3.94. The highest BCUT2D eigenvalue weighted by Gasteiger charge is 2.32. The number of carbonyl (C=O) groups excluding carboxylic acids is 1. The maximum Gasteiger partial charge on any atom is 0.256 e. The molecule has 0 saturated heterocycles. The predicted molar refractivity (Wildman–Crippen MR) is 71.1 cm³/mol. The third kappa shape index (κ3) is 2.97. The van der Waals surface area contributed by atoms with Crippen molar-refractivity contribution in [2.75, 3.05) is 6.54 Å². The highest BCUT2D eigenvalue weighted by Crippen LogP contribution is 2.29. The van der Waals surface area contributed by atoms with Gasteiger partial charge < -0.3 is 14.9 Å². The van der Waals surface area contributed by atoms with Crippen LogP contribution in [0.3, 0.4) is 0 Å². The van der Waals surface area contributed by atoms with E-state index in [-0.39, 0.29) is 11.8 Å². The van der Waals surface area contributed by atoms with Crippen LogP contribution in [0.4, 0.5) is 0 Å². The van der Waals surface area contributed by atoms with Crippen LogP contribution in [0.2, 0.25) is 0 Å². The molecule has 1 aliphatic carbocycles. The first kappa shape index (κ1) is 14.1. The van der Waals surface area contributed by atoms with E-state index in [1.165, 1.54) is 0 Å². The minimum atomic E-state index is -0.737. The number of aromatic nitrogens is 1. The normalized spacial score (nSPS) is 17.9. The fourth-order valence-corrected chi connectivity index (χ4v) is 2.60. The van der Waals surface area contributed by atoms with Crippen molar-refractivity contribution in [2.24, 2.45) is 0 Å². The minimum Gasteiger partial charge on any atom is -0.388 e. The summed E-state index contributed by atoms with van der Waals surface area (Å²) in [7, 11) is 0. The van der Waals surface area contributed by atoms with Gasteiger partial charge in [-0.2, -0.15) is 0 Å². The van der Waals surface area contributed by atoms with Crippen molar-refractivity contribution >= 4 is 5.91 Å². The predicted octanol–water partition coefficient (Wildman–Crippen LogP) is 2.14. The largest absolute Gasteiger partial charge is 0.388 e. The van der Waals surface area contributed by atoms with Crippen molar-refractivity contribution in [1.29, 1.82) is 0 Å². The summed E-state index contributed by atoms with van der Waals surface area (Å²) in [4.78, 5) is 12.2. The molecule has 0 aromatic carbocycles. The van der Waals surface area contributed by atoms with E-state index in [1.54, 1.807) is 6.92 Å². The summed E-state index contributed by atoms with van der Waals surface area (Å²) in [6.07, 6.45) is 3.56. The molecule has 0 spiro atoms. The molecule has 1 amide bonds. The van der Waals surface area contributed by atoms with E-state index in [9.17, 15) is 9.90 Å². The topological polar surface area (TPSA) is 75.4 Å².